The molecule has 1 heteroatoms. The standard InChI is InChI=1S/C13H10S.C5H12/c1-3-7-12-10(5-1)9-11-6-2-4-8-13(11)14-12;1-5(2,3)4/h1-8H,9H2;1-4H3. The van der Waals surface area contributed by atoms with Gasteiger partial charge >= 0.3 is 0 Å². The highest BCUT2D eigenvalue weighted by molar-refractivity contribution is 7.99. The van der Waals surface area contributed by atoms with Crippen molar-refractivity contribution < 1.29 is 0 Å². The molecule has 0 aliphatic carbocycles. The minimum atomic E-state index is 0.500. The zero-order valence-corrected chi connectivity index (χ0v) is 13.1. The quantitative estimate of drug-likeness (QED) is 0.498. The molecule has 0 fully saturated rings. The first-order valence-corrected chi connectivity index (χ1v) is 7.59. The molecule has 19 heavy (non-hydrogen) atoms. The van der Waals surface area contributed by atoms with Gasteiger partial charge in [0.25, 0.3) is 0 Å². The Bertz CT molecular complexity index is 456. The molecule has 0 aromatic heterocycles. The van der Waals surface area contributed by atoms with Crippen LogP contribution in [0.2, 0.25) is 0 Å². The lowest BCUT2D eigenvalue weighted by molar-refractivity contribution is 0.469. The van der Waals surface area contributed by atoms with Crippen LogP contribution in [0, 0.1) is 5.41 Å². The Balaban J connectivity index is 0.000000232. The molecule has 0 N–H and O–H groups in total. The monoisotopic (exact) mass is 270 g/mol. The summed E-state index contributed by atoms with van der Waals surface area (Å²) in [5.41, 5.74) is 3.41. The van der Waals surface area contributed by atoms with Gasteiger partial charge in [0.05, 0.1) is 0 Å². The number of benzene rings is 2. The van der Waals surface area contributed by atoms with E-state index in [2.05, 4.69) is 76.2 Å². The largest absolute Gasteiger partial charge is 0.0895 e. The van der Waals surface area contributed by atoms with Gasteiger partial charge in [-0.25, -0.2) is 0 Å². The van der Waals surface area contributed by atoms with Crippen LogP contribution in [0.5, 0.6) is 0 Å². The molecule has 0 bridgehead atoms. The van der Waals surface area contributed by atoms with Crippen LogP contribution in [0.3, 0.4) is 0 Å². The summed E-state index contributed by atoms with van der Waals surface area (Å²) < 4.78 is 0. The smallest absolute Gasteiger partial charge is 0.0157 e. The summed E-state index contributed by atoms with van der Waals surface area (Å²) in [6, 6.07) is 17.3. The Labute approximate surface area is 121 Å². The third-order valence-corrected chi connectivity index (χ3v) is 3.78. The predicted octanol–water partition coefficient (Wildman–Crippen LogP) is 5.79. The molecule has 1 aliphatic heterocycles. The number of rotatable bonds is 0. The maximum atomic E-state index is 2.22. The van der Waals surface area contributed by atoms with Gasteiger partial charge in [0.1, 0.15) is 0 Å². The maximum absolute atomic E-state index is 2.22. The van der Waals surface area contributed by atoms with E-state index in [1.54, 1.807) is 0 Å². The average Bonchev–Trinajstić information content (AvgIpc) is 2.34. The van der Waals surface area contributed by atoms with Gasteiger partial charge in [-0.2, -0.15) is 0 Å². The lowest BCUT2D eigenvalue weighted by atomic mass is 10.0. The summed E-state index contributed by atoms with van der Waals surface area (Å²) in [4.78, 5) is 2.82. The van der Waals surface area contributed by atoms with Gasteiger partial charge in [-0.05, 0) is 35.1 Å². The van der Waals surface area contributed by atoms with Crippen molar-refractivity contribution in [2.24, 2.45) is 5.41 Å². The number of hydrogen-bond acceptors (Lipinski definition) is 1. The van der Waals surface area contributed by atoms with E-state index >= 15 is 0 Å². The van der Waals surface area contributed by atoms with E-state index in [-0.39, 0.29) is 0 Å². The maximum Gasteiger partial charge on any atom is 0.0157 e. The van der Waals surface area contributed by atoms with Crippen molar-refractivity contribution >= 4 is 11.8 Å². The zero-order valence-electron chi connectivity index (χ0n) is 12.2. The average molecular weight is 270 g/mol. The summed E-state index contributed by atoms with van der Waals surface area (Å²) in [6.45, 7) is 8.75. The van der Waals surface area contributed by atoms with E-state index < -0.39 is 0 Å². The molecule has 100 valence electrons. The minimum absolute atomic E-state index is 0.500. The highest BCUT2D eigenvalue weighted by atomic mass is 32.2. The second-order valence-electron chi connectivity index (χ2n) is 6.49. The molecule has 0 atom stereocenters. The normalized spacial score (nSPS) is 12.8. The molecule has 0 amide bonds. The third-order valence-electron chi connectivity index (χ3n) is 2.55. The van der Waals surface area contributed by atoms with Gasteiger partial charge < -0.3 is 0 Å². The van der Waals surface area contributed by atoms with Gasteiger partial charge in [-0.3, -0.25) is 0 Å². The summed E-state index contributed by atoms with van der Waals surface area (Å²) >= 11 is 1.88. The fraction of sp³-hybridized carbons (Fsp3) is 0.333. The molecule has 1 aliphatic rings. The Kier molecular flexibility index (Phi) is 4.36. The highest BCUT2D eigenvalue weighted by Gasteiger charge is 2.13. The van der Waals surface area contributed by atoms with Crippen molar-refractivity contribution in [1.82, 2.24) is 0 Å². The van der Waals surface area contributed by atoms with E-state index in [0.29, 0.717) is 5.41 Å². The number of hydrogen-bond donors (Lipinski definition) is 0. The Morgan fingerprint density at radius 1 is 0.737 bits per heavy atom. The first-order valence-electron chi connectivity index (χ1n) is 6.77. The Morgan fingerprint density at radius 3 is 1.53 bits per heavy atom. The molecule has 3 rings (SSSR count). The van der Waals surface area contributed by atoms with Gasteiger partial charge in [-0.15, -0.1) is 0 Å². The van der Waals surface area contributed by atoms with E-state index in [1.807, 2.05) is 11.8 Å². The minimum Gasteiger partial charge on any atom is -0.0895 e. The van der Waals surface area contributed by atoms with Crippen molar-refractivity contribution in [2.75, 3.05) is 0 Å². The van der Waals surface area contributed by atoms with E-state index in [0.717, 1.165) is 6.42 Å². The van der Waals surface area contributed by atoms with Crippen molar-refractivity contribution in [3.8, 4) is 0 Å². The highest BCUT2D eigenvalue weighted by Crippen LogP contribution is 2.38. The second-order valence-corrected chi connectivity index (χ2v) is 7.58. The molecule has 0 spiro atoms. The summed E-state index contributed by atoms with van der Waals surface area (Å²) in [7, 11) is 0. The van der Waals surface area contributed by atoms with Gasteiger partial charge in [0.15, 0.2) is 0 Å². The Hall–Kier alpha value is -1.21. The molecule has 0 radical (unpaired) electrons. The molecule has 0 unspecified atom stereocenters. The van der Waals surface area contributed by atoms with Crippen LogP contribution in [-0.2, 0) is 6.42 Å². The first kappa shape index (κ1) is 14.2. The van der Waals surface area contributed by atoms with Gasteiger partial charge in [0, 0.05) is 9.79 Å². The summed E-state index contributed by atoms with van der Waals surface area (Å²) in [6.07, 6.45) is 1.08. The van der Waals surface area contributed by atoms with Crippen molar-refractivity contribution in [3.05, 3.63) is 59.7 Å². The fourth-order valence-corrected chi connectivity index (χ4v) is 2.90. The van der Waals surface area contributed by atoms with Crippen LogP contribution in [-0.4, -0.2) is 0 Å². The summed E-state index contributed by atoms with van der Waals surface area (Å²) in [5, 5.41) is 0. The van der Waals surface area contributed by atoms with Crippen molar-refractivity contribution in [3.63, 3.8) is 0 Å². The fourth-order valence-electron chi connectivity index (χ4n) is 1.82. The predicted molar refractivity (Wildman–Crippen MR) is 84.9 cm³/mol. The van der Waals surface area contributed by atoms with Gasteiger partial charge in [0.2, 0.25) is 0 Å². The van der Waals surface area contributed by atoms with Crippen LogP contribution in [0.1, 0.15) is 38.8 Å². The van der Waals surface area contributed by atoms with Gasteiger partial charge in [-0.1, -0.05) is 75.9 Å². The molecule has 0 saturated carbocycles. The topological polar surface area (TPSA) is 0 Å². The van der Waals surface area contributed by atoms with Crippen LogP contribution in [0.25, 0.3) is 0 Å². The second kappa shape index (κ2) is 5.83. The van der Waals surface area contributed by atoms with Crippen molar-refractivity contribution in [2.45, 2.75) is 43.9 Å². The summed E-state index contributed by atoms with van der Waals surface area (Å²) in [5.74, 6) is 0. The lowest BCUT2D eigenvalue weighted by Crippen LogP contribution is -1.98. The van der Waals surface area contributed by atoms with Crippen molar-refractivity contribution in [1.29, 1.82) is 0 Å². The van der Waals surface area contributed by atoms with Crippen LogP contribution in [0.4, 0.5) is 0 Å². The van der Waals surface area contributed by atoms with E-state index in [9.17, 15) is 0 Å². The van der Waals surface area contributed by atoms with E-state index in [1.165, 1.54) is 20.9 Å². The van der Waals surface area contributed by atoms with Crippen LogP contribution < -0.4 is 0 Å². The number of fused-ring (bicyclic) bond motifs is 2. The molecule has 2 aromatic carbocycles. The van der Waals surface area contributed by atoms with Crippen LogP contribution >= 0.6 is 11.8 Å². The lowest BCUT2D eigenvalue weighted by Gasteiger charge is -2.17. The molecule has 1 heterocycles. The first-order chi connectivity index (χ1) is 8.93. The molecule has 2 aromatic rings. The Morgan fingerprint density at radius 2 is 1.11 bits per heavy atom. The molecule has 0 saturated heterocycles. The SMILES string of the molecule is CC(C)(C)C.c1ccc2c(c1)Cc1ccccc1S2. The third kappa shape index (κ3) is 4.43. The van der Waals surface area contributed by atoms with Crippen LogP contribution in [0.15, 0.2) is 58.3 Å². The van der Waals surface area contributed by atoms with E-state index in [4.69, 9.17) is 0 Å². The zero-order chi connectivity index (χ0) is 13.9. The molecular formula is C18H22S. The molecule has 0 nitrogen and oxygen atoms in total. The molecular weight excluding hydrogens is 248 g/mol.